The highest BCUT2D eigenvalue weighted by Gasteiger charge is 2.43. The summed E-state index contributed by atoms with van der Waals surface area (Å²) in [6.45, 7) is 5.98. The van der Waals surface area contributed by atoms with Crippen LogP contribution in [0.5, 0.6) is 5.75 Å². The number of ether oxygens (including phenoxy) is 2. The van der Waals surface area contributed by atoms with Crippen molar-refractivity contribution in [2.45, 2.75) is 109 Å². The zero-order valence-corrected chi connectivity index (χ0v) is 38.0. The molecular formula is C53H52F3N5O7. The normalized spacial score (nSPS) is 16.3. The van der Waals surface area contributed by atoms with Gasteiger partial charge in [-0.3, -0.25) is 14.5 Å². The number of aliphatic carboxylic acids is 1. The van der Waals surface area contributed by atoms with Crippen molar-refractivity contribution >= 4 is 63.1 Å². The molecule has 0 saturated heterocycles. The maximum absolute atomic E-state index is 14.5. The fourth-order valence-electron chi connectivity index (χ4n) is 10.1. The van der Waals surface area contributed by atoms with Crippen molar-refractivity contribution in [2.75, 3.05) is 16.8 Å². The lowest BCUT2D eigenvalue weighted by Gasteiger charge is -2.29. The van der Waals surface area contributed by atoms with E-state index < -0.39 is 29.6 Å². The van der Waals surface area contributed by atoms with Crippen molar-refractivity contribution in [3.63, 3.8) is 0 Å². The molecule has 3 aliphatic rings. The van der Waals surface area contributed by atoms with Crippen molar-refractivity contribution < 1.29 is 46.9 Å². The van der Waals surface area contributed by atoms with Crippen LogP contribution in [0.3, 0.4) is 0 Å². The Labute approximate surface area is 391 Å². The fourth-order valence-corrected chi connectivity index (χ4v) is 10.1. The molecule has 68 heavy (non-hydrogen) atoms. The number of nitrogens with one attached hydrogen (secondary N) is 2. The topological polar surface area (TPSA) is 152 Å². The third-order valence-corrected chi connectivity index (χ3v) is 13.1. The summed E-state index contributed by atoms with van der Waals surface area (Å²) in [5.41, 5.74) is 5.23. The number of anilines is 2. The molecule has 3 amide bonds. The Morgan fingerprint density at radius 2 is 1.57 bits per heavy atom. The smallest absolute Gasteiger partial charge is 0.478 e. The van der Waals surface area contributed by atoms with Gasteiger partial charge in [0.15, 0.2) is 0 Å². The number of nitrogens with zero attached hydrogens (tertiary/aromatic N) is 3. The Kier molecular flexibility index (Phi) is 12.3. The van der Waals surface area contributed by atoms with Gasteiger partial charge < -0.3 is 29.8 Å². The molecule has 0 spiro atoms. The quantitative estimate of drug-likeness (QED) is 0.121. The first-order chi connectivity index (χ1) is 32.4. The second-order valence-electron chi connectivity index (χ2n) is 18.9. The van der Waals surface area contributed by atoms with E-state index in [1.54, 1.807) is 41.3 Å². The molecule has 2 aromatic heterocycles. The van der Waals surface area contributed by atoms with Crippen LogP contribution in [-0.4, -0.2) is 62.6 Å². The molecule has 2 saturated carbocycles. The molecular weight excluding hydrogens is 876 g/mol. The largest absolute Gasteiger partial charge is 0.573 e. The van der Waals surface area contributed by atoms with Crippen LogP contribution in [0, 0.1) is 0 Å². The van der Waals surface area contributed by atoms with E-state index in [1.165, 1.54) is 24.3 Å². The third-order valence-electron chi connectivity index (χ3n) is 13.1. The summed E-state index contributed by atoms with van der Waals surface area (Å²) < 4.78 is 51.9. The van der Waals surface area contributed by atoms with Crippen LogP contribution in [0.25, 0.3) is 50.4 Å². The minimum Gasteiger partial charge on any atom is -0.478 e. The van der Waals surface area contributed by atoms with Crippen LogP contribution in [0.15, 0.2) is 97.1 Å². The standard InChI is InChI=1S/C53H52F3N5O7/c1-51(2,3)68-50(66)61-29-28-60-43-31-35(48(64)59-52(26-7-8-27-52)49(65)57-36-18-14-32(15-19-36)16-25-44(62)63)17-20-39(43)45(33-10-5-4-6-11-33)47(60)40-22-24-42-38(46(40)61)21-23-41(58-42)34-12-9-13-37(30-34)67-53(54,55)56/h9,12-25,30-31,33H,4-8,10-11,26-29H2,1-3H3,(H,57,65)(H,59,64)(H,62,63)/b25-16+. The van der Waals surface area contributed by atoms with Crippen LogP contribution < -0.4 is 20.3 Å². The van der Waals surface area contributed by atoms with E-state index in [1.807, 2.05) is 57.2 Å². The molecule has 0 unspecified atom stereocenters. The molecule has 3 N–H and O–H groups in total. The van der Waals surface area contributed by atoms with Crippen molar-refractivity contribution in [1.82, 2.24) is 14.9 Å². The lowest BCUT2D eigenvalue weighted by molar-refractivity contribution is -0.274. The number of alkyl halides is 3. The van der Waals surface area contributed by atoms with Crippen molar-refractivity contribution in [2.24, 2.45) is 0 Å². The summed E-state index contributed by atoms with van der Waals surface area (Å²) in [5, 5.41) is 16.8. The third kappa shape index (κ3) is 9.51. The number of carbonyl (C=O) groups excluding carboxylic acids is 3. The number of carbonyl (C=O) groups is 4. The molecule has 352 valence electrons. The fraction of sp³-hybridized carbons (Fsp3) is 0.340. The van der Waals surface area contributed by atoms with E-state index in [0.717, 1.165) is 78.7 Å². The molecule has 6 aromatic rings. The maximum atomic E-state index is 14.5. The van der Waals surface area contributed by atoms with E-state index in [4.69, 9.17) is 14.8 Å². The van der Waals surface area contributed by atoms with Gasteiger partial charge in [-0.1, -0.05) is 62.4 Å². The number of rotatable bonds is 9. The van der Waals surface area contributed by atoms with E-state index in [2.05, 4.69) is 19.9 Å². The molecule has 2 fully saturated rings. The van der Waals surface area contributed by atoms with Crippen molar-refractivity contribution in [3.05, 3.63) is 114 Å². The number of carboxylic acid groups (broad SMARTS) is 1. The van der Waals surface area contributed by atoms with Crippen LogP contribution in [0.2, 0.25) is 0 Å². The van der Waals surface area contributed by atoms with Gasteiger partial charge in [0.1, 0.15) is 16.9 Å². The lowest BCUT2D eigenvalue weighted by atomic mass is 9.81. The first-order valence-corrected chi connectivity index (χ1v) is 23.1. The highest BCUT2D eigenvalue weighted by Crippen LogP contribution is 2.49. The second kappa shape index (κ2) is 18.1. The molecule has 1 aliphatic heterocycles. The number of aromatic nitrogens is 2. The van der Waals surface area contributed by atoms with Gasteiger partial charge in [0, 0.05) is 57.8 Å². The molecule has 2 aliphatic carbocycles. The monoisotopic (exact) mass is 927 g/mol. The Morgan fingerprint density at radius 1 is 0.838 bits per heavy atom. The van der Waals surface area contributed by atoms with Gasteiger partial charge in [-0.2, -0.15) is 0 Å². The van der Waals surface area contributed by atoms with Crippen molar-refractivity contribution in [3.8, 4) is 28.3 Å². The van der Waals surface area contributed by atoms with Crippen LogP contribution in [-0.2, 0) is 20.9 Å². The Hall–Kier alpha value is -7.16. The van der Waals surface area contributed by atoms with E-state index in [0.29, 0.717) is 64.0 Å². The van der Waals surface area contributed by atoms with Crippen LogP contribution >= 0.6 is 0 Å². The Bertz CT molecular complexity index is 2980. The summed E-state index contributed by atoms with van der Waals surface area (Å²) >= 11 is 0. The number of carboxylic acids is 1. The molecule has 9 rings (SSSR count). The Balaban J connectivity index is 1.12. The van der Waals surface area contributed by atoms with Gasteiger partial charge in [-0.25, -0.2) is 14.6 Å². The number of pyridine rings is 1. The molecule has 4 aromatic carbocycles. The van der Waals surface area contributed by atoms with Gasteiger partial charge in [0.25, 0.3) is 5.91 Å². The van der Waals surface area contributed by atoms with Crippen LogP contribution in [0.4, 0.5) is 29.3 Å². The summed E-state index contributed by atoms with van der Waals surface area (Å²) in [7, 11) is 0. The number of halogens is 3. The molecule has 12 nitrogen and oxygen atoms in total. The van der Waals surface area contributed by atoms with Crippen molar-refractivity contribution in [1.29, 1.82) is 0 Å². The van der Waals surface area contributed by atoms with Gasteiger partial charge in [0.05, 0.1) is 22.6 Å². The van der Waals surface area contributed by atoms with Gasteiger partial charge >= 0.3 is 18.4 Å². The predicted molar refractivity (Wildman–Crippen MR) is 255 cm³/mol. The average molecular weight is 928 g/mol. The zero-order chi connectivity index (χ0) is 48.0. The minimum atomic E-state index is -4.86. The van der Waals surface area contributed by atoms with Gasteiger partial charge in [-0.15, -0.1) is 13.2 Å². The molecule has 15 heteroatoms. The lowest BCUT2D eigenvalue weighted by Crippen LogP contribution is -2.55. The SMILES string of the molecule is CC(C)(C)OC(=O)N1CCn2c(c(C3CCCCC3)c3ccc(C(=O)NC4(C(=O)Nc5ccc(/C=C/C(=O)O)cc5)CCCC4)cc32)-c2ccc3nc(-c4cccc(OC(F)(F)F)c4)ccc3c21. The molecule has 3 heterocycles. The first-order valence-electron chi connectivity index (χ1n) is 23.1. The summed E-state index contributed by atoms with van der Waals surface area (Å²) in [5.74, 6) is -1.95. The second-order valence-corrected chi connectivity index (χ2v) is 18.9. The van der Waals surface area contributed by atoms with E-state index in [-0.39, 0.29) is 30.0 Å². The molecule has 0 atom stereocenters. The van der Waals surface area contributed by atoms with Gasteiger partial charge in [0.2, 0.25) is 5.91 Å². The summed E-state index contributed by atoms with van der Waals surface area (Å²) in [6.07, 6.45) is 4.71. The number of fused-ring (bicyclic) bond motifs is 7. The average Bonchev–Trinajstić information content (AvgIpc) is 3.86. The number of hydrogen-bond acceptors (Lipinski definition) is 7. The van der Waals surface area contributed by atoms with Gasteiger partial charge in [-0.05, 0) is 130 Å². The number of amides is 3. The number of benzene rings is 4. The number of hydrogen-bond donors (Lipinski definition) is 3. The van der Waals surface area contributed by atoms with Crippen LogP contribution in [0.1, 0.15) is 106 Å². The van der Waals surface area contributed by atoms with E-state index >= 15 is 0 Å². The minimum absolute atomic E-state index is 0.193. The highest BCUT2D eigenvalue weighted by molar-refractivity contribution is 6.11. The summed E-state index contributed by atoms with van der Waals surface area (Å²) in [6, 6.07) is 25.6. The maximum Gasteiger partial charge on any atom is 0.573 e. The van der Waals surface area contributed by atoms with E-state index in [9.17, 15) is 32.3 Å². The first kappa shape index (κ1) is 46.0. The predicted octanol–water partition coefficient (Wildman–Crippen LogP) is 12.0. The molecule has 0 bridgehead atoms. The zero-order valence-electron chi connectivity index (χ0n) is 38.0. The summed E-state index contributed by atoms with van der Waals surface area (Å²) in [4.78, 5) is 60.4. The Morgan fingerprint density at radius 3 is 2.28 bits per heavy atom. The highest BCUT2D eigenvalue weighted by atomic mass is 19.4. The molecule has 0 radical (unpaired) electrons.